The zero-order chi connectivity index (χ0) is 18.4. The van der Waals surface area contributed by atoms with Gasteiger partial charge in [0.15, 0.2) is 0 Å². The Balaban J connectivity index is 2.19. The quantitative estimate of drug-likeness (QED) is 0.586. The molecule has 1 unspecified atom stereocenters. The van der Waals surface area contributed by atoms with Gasteiger partial charge in [0.25, 0.3) is 5.69 Å². The van der Waals surface area contributed by atoms with Crippen molar-refractivity contribution >= 4 is 11.4 Å². The zero-order valence-electron chi connectivity index (χ0n) is 13.7. The summed E-state index contributed by atoms with van der Waals surface area (Å²) in [5.74, 6) is 1.05. The zero-order valence-corrected chi connectivity index (χ0v) is 13.7. The van der Waals surface area contributed by atoms with Crippen LogP contribution in [0.15, 0.2) is 36.4 Å². The van der Waals surface area contributed by atoms with Crippen molar-refractivity contribution in [2.24, 2.45) is 0 Å². The second-order valence-electron chi connectivity index (χ2n) is 5.14. The molecule has 0 aliphatic carbocycles. The second-order valence-corrected chi connectivity index (χ2v) is 5.14. The van der Waals surface area contributed by atoms with Crippen molar-refractivity contribution in [3.05, 3.63) is 57.6 Å². The van der Waals surface area contributed by atoms with E-state index in [4.69, 9.17) is 14.7 Å². The minimum atomic E-state index is -0.945. The molecule has 25 heavy (non-hydrogen) atoms. The lowest BCUT2D eigenvalue weighted by Gasteiger charge is -2.15. The maximum Gasteiger partial charge on any atom is 0.293 e. The van der Waals surface area contributed by atoms with Crippen molar-refractivity contribution in [3.63, 3.8) is 0 Å². The molecule has 2 N–H and O–H groups in total. The number of aliphatic hydroxyl groups excluding tert-OH is 1. The lowest BCUT2D eigenvalue weighted by Crippen LogP contribution is -2.13. The molecule has 0 bridgehead atoms. The number of nitriles is 1. The number of hydrogen-bond donors (Lipinski definition) is 2. The molecule has 0 aliphatic rings. The van der Waals surface area contributed by atoms with Crippen molar-refractivity contribution in [2.75, 3.05) is 26.1 Å². The molecule has 0 radical (unpaired) electrons. The third-order valence-electron chi connectivity index (χ3n) is 3.57. The monoisotopic (exact) mass is 343 g/mol. The van der Waals surface area contributed by atoms with Gasteiger partial charge in [0.05, 0.1) is 36.9 Å². The summed E-state index contributed by atoms with van der Waals surface area (Å²) < 4.78 is 10.3. The van der Waals surface area contributed by atoms with E-state index >= 15 is 0 Å². The average molecular weight is 343 g/mol. The summed E-state index contributed by atoms with van der Waals surface area (Å²) in [6.45, 7) is 0.0308. The lowest BCUT2D eigenvalue weighted by molar-refractivity contribution is -0.384. The smallest absolute Gasteiger partial charge is 0.293 e. The molecular formula is C17H17N3O5. The normalized spacial score (nSPS) is 11.3. The summed E-state index contributed by atoms with van der Waals surface area (Å²) in [7, 11) is 3.01. The average Bonchev–Trinajstić information content (AvgIpc) is 2.65. The number of nitrogens with zero attached hydrogens (tertiary/aromatic N) is 2. The van der Waals surface area contributed by atoms with Crippen LogP contribution in [0.1, 0.15) is 17.2 Å². The Morgan fingerprint density at radius 3 is 2.40 bits per heavy atom. The van der Waals surface area contributed by atoms with Crippen molar-refractivity contribution in [1.82, 2.24) is 0 Å². The number of ether oxygens (including phenoxy) is 2. The van der Waals surface area contributed by atoms with Crippen LogP contribution in [0.5, 0.6) is 11.5 Å². The molecule has 2 aromatic rings. The summed E-state index contributed by atoms with van der Waals surface area (Å²) in [6.07, 6.45) is -0.945. The van der Waals surface area contributed by atoms with Gasteiger partial charge in [0.1, 0.15) is 17.2 Å². The molecule has 0 aromatic heterocycles. The number of anilines is 1. The number of hydrogen-bond acceptors (Lipinski definition) is 7. The van der Waals surface area contributed by atoms with Crippen LogP contribution in [0.2, 0.25) is 0 Å². The number of rotatable bonds is 7. The Morgan fingerprint density at radius 2 is 1.88 bits per heavy atom. The molecule has 0 fully saturated rings. The maximum atomic E-state index is 11.1. The van der Waals surface area contributed by atoms with Crippen molar-refractivity contribution in [2.45, 2.75) is 6.10 Å². The molecule has 0 saturated carbocycles. The number of nitro groups is 1. The van der Waals surface area contributed by atoms with E-state index in [1.54, 1.807) is 18.2 Å². The fourth-order valence-electron chi connectivity index (χ4n) is 2.25. The molecule has 130 valence electrons. The Kier molecular flexibility index (Phi) is 5.76. The molecule has 1 atom stereocenters. The molecule has 0 amide bonds. The molecule has 8 nitrogen and oxygen atoms in total. The van der Waals surface area contributed by atoms with Gasteiger partial charge in [0.2, 0.25) is 0 Å². The highest BCUT2D eigenvalue weighted by atomic mass is 16.6. The van der Waals surface area contributed by atoms with Crippen LogP contribution in [0.4, 0.5) is 11.4 Å². The van der Waals surface area contributed by atoms with E-state index in [0.717, 1.165) is 0 Å². The van der Waals surface area contributed by atoms with Gasteiger partial charge in [-0.2, -0.15) is 5.26 Å². The fourth-order valence-corrected chi connectivity index (χ4v) is 2.25. The molecule has 8 heteroatoms. The van der Waals surface area contributed by atoms with Crippen LogP contribution in [0.25, 0.3) is 0 Å². The number of methoxy groups -OCH3 is 2. The van der Waals surface area contributed by atoms with Gasteiger partial charge < -0.3 is 19.9 Å². The minimum Gasteiger partial charge on any atom is -0.497 e. The van der Waals surface area contributed by atoms with Gasteiger partial charge in [-0.25, -0.2) is 0 Å². The highest BCUT2D eigenvalue weighted by Crippen LogP contribution is 2.29. The molecule has 0 spiro atoms. The van der Waals surface area contributed by atoms with Crippen LogP contribution in [0.3, 0.4) is 0 Å². The Hall–Kier alpha value is -3.31. The summed E-state index contributed by atoms with van der Waals surface area (Å²) in [5, 5.41) is 33.2. The molecule has 0 heterocycles. The van der Waals surface area contributed by atoms with E-state index in [2.05, 4.69) is 5.32 Å². The van der Waals surface area contributed by atoms with Crippen molar-refractivity contribution < 1.29 is 19.5 Å². The molecule has 2 aromatic carbocycles. The van der Waals surface area contributed by atoms with Gasteiger partial charge in [-0.1, -0.05) is 0 Å². The molecule has 0 aliphatic heterocycles. The number of nitro benzene ring substituents is 1. The summed E-state index contributed by atoms with van der Waals surface area (Å²) in [5.41, 5.74) is 0.725. The SMILES string of the molecule is COc1cc(OC)cc(C(O)CNc2ccc(C#N)cc2[N+](=O)[O-])c1. The van der Waals surface area contributed by atoms with Gasteiger partial charge in [0, 0.05) is 18.7 Å². The first-order chi connectivity index (χ1) is 12.0. The van der Waals surface area contributed by atoms with E-state index in [9.17, 15) is 15.2 Å². The Bertz CT molecular complexity index is 794. The number of aliphatic hydroxyl groups is 1. The topological polar surface area (TPSA) is 118 Å². The highest BCUT2D eigenvalue weighted by molar-refractivity contribution is 5.64. The first-order valence-electron chi connectivity index (χ1n) is 7.32. The largest absolute Gasteiger partial charge is 0.497 e. The van der Waals surface area contributed by atoms with Crippen molar-refractivity contribution in [1.29, 1.82) is 5.26 Å². The Labute approximate surface area is 144 Å². The van der Waals surface area contributed by atoms with Crippen LogP contribution in [-0.4, -0.2) is 30.8 Å². The molecule has 2 rings (SSSR count). The molecule has 0 saturated heterocycles. The van der Waals surface area contributed by atoms with Crippen molar-refractivity contribution in [3.8, 4) is 17.6 Å². The fraction of sp³-hybridized carbons (Fsp3) is 0.235. The summed E-state index contributed by atoms with van der Waals surface area (Å²) in [6, 6.07) is 10.9. The van der Waals surface area contributed by atoms with E-state index in [1.807, 2.05) is 6.07 Å². The first kappa shape index (κ1) is 18.0. The van der Waals surface area contributed by atoms with E-state index in [-0.39, 0.29) is 23.5 Å². The van der Waals surface area contributed by atoms with E-state index in [0.29, 0.717) is 17.1 Å². The minimum absolute atomic E-state index is 0.0308. The highest BCUT2D eigenvalue weighted by Gasteiger charge is 2.17. The van der Waals surface area contributed by atoms with Gasteiger partial charge in [-0.3, -0.25) is 10.1 Å². The third-order valence-corrected chi connectivity index (χ3v) is 3.57. The number of nitrogens with one attached hydrogen (secondary N) is 1. The van der Waals surface area contributed by atoms with Crippen LogP contribution in [0, 0.1) is 21.4 Å². The lowest BCUT2D eigenvalue weighted by atomic mass is 10.1. The number of benzene rings is 2. The van der Waals surface area contributed by atoms with Gasteiger partial charge >= 0.3 is 0 Å². The van der Waals surface area contributed by atoms with Gasteiger partial charge in [-0.15, -0.1) is 0 Å². The van der Waals surface area contributed by atoms with E-state index in [1.165, 1.54) is 32.4 Å². The van der Waals surface area contributed by atoms with E-state index < -0.39 is 11.0 Å². The van der Waals surface area contributed by atoms with Crippen LogP contribution in [-0.2, 0) is 0 Å². The third kappa shape index (κ3) is 4.37. The predicted molar refractivity (Wildman–Crippen MR) is 90.8 cm³/mol. The standard InChI is InChI=1S/C17H17N3O5/c1-24-13-6-12(7-14(8-13)25-2)17(21)10-19-15-4-3-11(9-18)5-16(15)20(22)23/h3-8,17,19,21H,10H2,1-2H3. The van der Waals surface area contributed by atoms with Gasteiger partial charge in [-0.05, 0) is 29.8 Å². The summed E-state index contributed by atoms with van der Waals surface area (Å²) in [4.78, 5) is 10.6. The predicted octanol–water partition coefficient (Wildman–Crippen LogP) is 2.63. The summed E-state index contributed by atoms with van der Waals surface area (Å²) >= 11 is 0. The second kappa shape index (κ2) is 7.99. The Morgan fingerprint density at radius 1 is 1.24 bits per heavy atom. The first-order valence-corrected chi connectivity index (χ1v) is 7.32. The maximum absolute atomic E-state index is 11.1. The van der Waals surface area contributed by atoms with Crippen LogP contribution >= 0.6 is 0 Å². The van der Waals surface area contributed by atoms with Crippen LogP contribution < -0.4 is 14.8 Å². The molecular weight excluding hydrogens is 326 g/mol.